The van der Waals surface area contributed by atoms with E-state index in [1.165, 1.54) is 28.9 Å². The summed E-state index contributed by atoms with van der Waals surface area (Å²) in [5.74, 6) is -0.389. The van der Waals surface area contributed by atoms with E-state index in [0.29, 0.717) is 11.5 Å². The molecule has 1 aliphatic rings. The van der Waals surface area contributed by atoms with Crippen LogP contribution < -0.4 is 10.0 Å². The van der Waals surface area contributed by atoms with Gasteiger partial charge in [0.05, 0.1) is 4.90 Å². The fraction of sp³-hybridized carbons (Fsp3) is 0.385. The van der Waals surface area contributed by atoms with Crippen LogP contribution >= 0.6 is 0 Å². The average Bonchev–Trinajstić information content (AvgIpc) is 3.58. The third-order valence-electron chi connectivity index (χ3n) is 6.50. The molecule has 1 fully saturated rings. The van der Waals surface area contributed by atoms with Gasteiger partial charge in [-0.05, 0) is 73.1 Å². The maximum atomic E-state index is 13.6. The molecule has 1 heterocycles. The lowest BCUT2D eigenvalue weighted by atomic mass is 9.88. The molecule has 1 atom stereocenters. The summed E-state index contributed by atoms with van der Waals surface area (Å²) in [6, 6.07) is 12.1. The predicted molar refractivity (Wildman–Crippen MR) is 134 cm³/mol. The molecule has 2 aromatic carbocycles. The number of benzene rings is 2. The highest BCUT2D eigenvalue weighted by atomic mass is 32.2. The number of carbonyl (C=O) groups excluding carboxylic acids is 1. The van der Waals surface area contributed by atoms with E-state index < -0.39 is 21.7 Å². The summed E-state index contributed by atoms with van der Waals surface area (Å²) in [5.41, 5.74) is 1.74. The molecule has 1 aliphatic carbocycles. The molecule has 7 nitrogen and oxygen atoms in total. The quantitative estimate of drug-likeness (QED) is 0.476. The third kappa shape index (κ3) is 5.40. The fourth-order valence-corrected chi connectivity index (χ4v) is 4.78. The second-order valence-electron chi connectivity index (χ2n) is 10.2. The zero-order chi connectivity index (χ0) is 25.5. The number of hydrogen-bond donors (Lipinski definition) is 2. The summed E-state index contributed by atoms with van der Waals surface area (Å²) in [6.45, 7) is 7.89. The van der Waals surface area contributed by atoms with E-state index in [2.05, 4.69) is 15.1 Å². The number of carbonyl (C=O) groups is 1. The normalized spacial score (nSPS) is 15.0. The monoisotopic (exact) mass is 498 g/mol. The van der Waals surface area contributed by atoms with Crippen molar-refractivity contribution in [3.8, 4) is 11.3 Å². The molecule has 2 N–H and O–H groups in total. The van der Waals surface area contributed by atoms with E-state index in [9.17, 15) is 17.6 Å². The Hall–Kier alpha value is -3.20. The molecule has 186 valence electrons. The Bertz CT molecular complexity index is 1340. The molecule has 1 aromatic heterocycles. The van der Waals surface area contributed by atoms with Crippen molar-refractivity contribution in [2.45, 2.75) is 57.4 Å². The number of amides is 1. The molecule has 3 aromatic rings. The number of aromatic nitrogens is 2. The Morgan fingerprint density at radius 3 is 2.23 bits per heavy atom. The van der Waals surface area contributed by atoms with Gasteiger partial charge in [0.15, 0.2) is 5.69 Å². The Morgan fingerprint density at radius 2 is 1.69 bits per heavy atom. The molecule has 1 amide bonds. The minimum Gasteiger partial charge on any atom is -0.348 e. The van der Waals surface area contributed by atoms with Crippen molar-refractivity contribution in [2.24, 2.45) is 12.5 Å². The van der Waals surface area contributed by atoms with Crippen molar-refractivity contribution < 1.29 is 17.6 Å². The zero-order valence-corrected chi connectivity index (χ0v) is 21.4. The lowest BCUT2D eigenvalue weighted by Crippen LogP contribution is -2.42. The number of rotatable bonds is 7. The van der Waals surface area contributed by atoms with Crippen molar-refractivity contribution in [2.75, 3.05) is 4.72 Å². The summed E-state index contributed by atoms with van der Waals surface area (Å²) in [6.07, 6.45) is 2.24. The third-order valence-corrected chi connectivity index (χ3v) is 7.87. The van der Waals surface area contributed by atoms with Crippen molar-refractivity contribution in [3.05, 3.63) is 65.6 Å². The largest absolute Gasteiger partial charge is 0.348 e. The van der Waals surface area contributed by atoms with Crippen molar-refractivity contribution in [3.63, 3.8) is 0 Å². The zero-order valence-electron chi connectivity index (χ0n) is 20.6. The standard InChI is InChI=1S/C26H31FN4O3S/c1-16(26(2,3)4)28-25(32)24-23(22(29-31(24)5)19-8-12-20(27)13-9-19)30-35(33,34)21-14-10-18(11-15-21)17-6-7-17/h8-17,30H,6-7H2,1-5H3,(H,28,32)/t16-/m0/s1. The van der Waals surface area contributed by atoms with Crippen molar-refractivity contribution in [1.29, 1.82) is 0 Å². The molecule has 35 heavy (non-hydrogen) atoms. The molecule has 0 radical (unpaired) electrons. The summed E-state index contributed by atoms with van der Waals surface area (Å²) < 4.78 is 44.2. The van der Waals surface area contributed by atoms with Crippen LogP contribution in [0, 0.1) is 11.2 Å². The SMILES string of the molecule is C[C@H](NC(=O)c1c(NS(=O)(=O)c2ccc(C3CC3)cc2)c(-c2ccc(F)cc2)nn1C)C(C)(C)C. The van der Waals surface area contributed by atoms with Gasteiger partial charge in [-0.3, -0.25) is 14.2 Å². The smallest absolute Gasteiger partial charge is 0.271 e. The van der Waals surface area contributed by atoms with Crippen LogP contribution in [-0.2, 0) is 17.1 Å². The first-order chi connectivity index (χ1) is 16.4. The van der Waals surface area contributed by atoms with Gasteiger partial charge < -0.3 is 5.32 Å². The van der Waals surface area contributed by atoms with Gasteiger partial charge in [0.1, 0.15) is 17.2 Å². The lowest BCUT2D eigenvalue weighted by molar-refractivity contribution is 0.0901. The van der Waals surface area contributed by atoms with Crippen LogP contribution in [-0.4, -0.2) is 30.1 Å². The molecular weight excluding hydrogens is 467 g/mol. The van der Waals surface area contributed by atoms with E-state index >= 15 is 0 Å². The number of nitrogens with zero attached hydrogens (tertiary/aromatic N) is 2. The Morgan fingerprint density at radius 1 is 1.09 bits per heavy atom. The number of anilines is 1. The number of halogens is 1. The highest BCUT2D eigenvalue weighted by Crippen LogP contribution is 2.40. The average molecular weight is 499 g/mol. The first kappa shape index (κ1) is 24.9. The molecule has 4 rings (SSSR count). The van der Waals surface area contributed by atoms with Crippen LogP contribution in [0.3, 0.4) is 0 Å². The van der Waals surface area contributed by atoms with Crippen LogP contribution in [0.2, 0.25) is 0 Å². The summed E-state index contributed by atoms with van der Waals surface area (Å²) >= 11 is 0. The van der Waals surface area contributed by atoms with E-state index in [0.717, 1.165) is 18.4 Å². The minimum atomic E-state index is -4.03. The van der Waals surface area contributed by atoms with Crippen LogP contribution in [0.25, 0.3) is 11.3 Å². The fourth-order valence-electron chi connectivity index (χ4n) is 3.70. The van der Waals surface area contributed by atoms with Crippen LogP contribution in [0.4, 0.5) is 10.1 Å². The van der Waals surface area contributed by atoms with Crippen molar-refractivity contribution >= 4 is 21.6 Å². The van der Waals surface area contributed by atoms with Gasteiger partial charge in [-0.25, -0.2) is 12.8 Å². The summed E-state index contributed by atoms with van der Waals surface area (Å²) in [4.78, 5) is 13.4. The number of hydrogen-bond acceptors (Lipinski definition) is 4. The Balaban J connectivity index is 1.76. The predicted octanol–water partition coefficient (Wildman–Crippen LogP) is 5.07. The van der Waals surface area contributed by atoms with E-state index in [-0.39, 0.29) is 33.4 Å². The molecule has 0 unspecified atom stereocenters. The number of aryl methyl sites for hydroxylation is 1. The second kappa shape index (κ2) is 9.11. The highest BCUT2D eigenvalue weighted by molar-refractivity contribution is 7.92. The molecule has 1 saturated carbocycles. The lowest BCUT2D eigenvalue weighted by Gasteiger charge is -2.28. The first-order valence-corrected chi connectivity index (χ1v) is 13.1. The molecule has 0 saturated heterocycles. The molecule has 9 heteroatoms. The maximum Gasteiger partial charge on any atom is 0.271 e. The molecular formula is C26H31FN4O3S. The molecule has 0 bridgehead atoms. The topological polar surface area (TPSA) is 93.1 Å². The minimum absolute atomic E-state index is 0.0454. The van der Waals surface area contributed by atoms with E-state index in [1.54, 1.807) is 19.2 Å². The Kier molecular flexibility index (Phi) is 6.48. The van der Waals surface area contributed by atoms with Gasteiger partial charge in [0, 0.05) is 18.7 Å². The van der Waals surface area contributed by atoms with Gasteiger partial charge in [-0.15, -0.1) is 0 Å². The van der Waals surface area contributed by atoms with Crippen LogP contribution in [0.5, 0.6) is 0 Å². The van der Waals surface area contributed by atoms with Crippen LogP contribution in [0.15, 0.2) is 53.4 Å². The number of nitrogens with one attached hydrogen (secondary N) is 2. The Labute approximate surface area is 205 Å². The van der Waals surface area contributed by atoms with Gasteiger partial charge >= 0.3 is 0 Å². The summed E-state index contributed by atoms with van der Waals surface area (Å²) in [5, 5.41) is 7.38. The van der Waals surface area contributed by atoms with E-state index in [4.69, 9.17) is 0 Å². The first-order valence-electron chi connectivity index (χ1n) is 11.6. The van der Waals surface area contributed by atoms with Gasteiger partial charge in [0.25, 0.3) is 15.9 Å². The van der Waals surface area contributed by atoms with E-state index in [1.807, 2.05) is 39.8 Å². The molecule has 0 spiro atoms. The second-order valence-corrected chi connectivity index (χ2v) is 11.9. The van der Waals surface area contributed by atoms with Gasteiger partial charge in [0.2, 0.25) is 0 Å². The molecule has 0 aliphatic heterocycles. The van der Waals surface area contributed by atoms with Gasteiger partial charge in [-0.2, -0.15) is 5.10 Å². The van der Waals surface area contributed by atoms with Crippen molar-refractivity contribution in [1.82, 2.24) is 15.1 Å². The maximum absolute atomic E-state index is 13.6. The number of sulfonamides is 1. The van der Waals surface area contributed by atoms with Crippen LogP contribution in [0.1, 0.15) is 62.5 Å². The summed E-state index contributed by atoms with van der Waals surface area (Å²) in [7, 11) is -2.46. The highest BCUT2D eigenvalue weighted by Gasteiger charge is 2.30. The van der Waals surface area contributed by atoms with Gasteiger partial charge in [-0.1, -0.05) is 32.9 Å².